The number of allylic oxidation sites excluding steroid dienone is 6. The fourth-order valence-corrected chi connectivity index (χ4v) is 9.44. The number of ketones is 3. The minimum absolute atomic E-state index is 0.00140. The Kier molecular flexibility index (Phi) is 23.3. The van der Waals surface area contributed by atoms with Crippen molar-refractivity contribution < 1.29 is 67.8 Å². The summed E-state index contributed by atoms with van der Waals surface area (Å²) in [7, 11) is 4.21. The molecule has 0 aromatic rings. The van der Waals surface area contributed by atoms with E-state index in [0.717, 1.165) is 10.5 Å². The molecular weight excluding hydrogens is 851 g/mol. The van der Waals surface area contributed by atoms with E-state index in [2.05, 4.69) is 0 Å². The predicted molar refractivity (Wildman–Crippen MR) is 247 cm³/mol. The molecule has 2 fully saturated rings. The Morgan fingerprint density at radius 3 is 2.29 bits per heavy atom. The molecule has 0 aliphatic carbocycles. The smallest absolute Gasteiger partial charge is 0.329 e. The number of nitrogens with zero attached hydrogens (tertiary/aromatic N) is 1. The van der Waals surface area contributed by atoms with Crippen LogP contribution in [-0.2, 0) is 52.5 Å². The van der Waals surface area contributed by atoms with Gasteiger partial charge in [0.1, 0.15) is 30.1 Å². The van der Waals surface area contributed by atoms with Gasteiger partial charge in [-0.15, -0.1) is 0 Å². The van der Waals surface area contributed by atoms with Crippen LogP contribution in [0.1, 0.15) is 126 Å². The Hall–Kier alpha value is -3.86. The van der Waals surface area contributed by atoms with Gasteiger partial charge in [-0.3, -0.25) is 24.0 Å². The SMILES string of the molecule is COC(=O)CC[C@H](CCO)C[C@@H](C)[C@@H]1CC(=O)[C@H](C)/C=C(\C)[C@@H](O)[C@@H](OC)C(=O)[C@H](C)C[C@H](C)/C=C/C=C/C=C(\C)[C@@H](OC)C[C@@H]2CC[C@@H](C)[C@@](O)(O2)C(=O)C(=O)N2CCCC[C@H]2C(=O)O1. The zero-order valence-corrected chi connectivity index (χ0v) is 41.1. The zero-order valence-electron chi connectivity index (χ0n) is 41.1. The Morgan fingerprint density at radius 2 is 1.64 bits per heavy atom. The summed E-state index contributed by atoms with van der Waals surface area (Å²) in [6.07, 6.45) is 10.3. The first-order valence-corrected chi connectivity index (χ1v) is 23.9. The summed E-state index contributed by atoms with van der Waals surface area (Å²) in [5.74, 6) is -9.21. The molecule has 0 aromatic carbocycles. The average Bonchev–Trinajstić information content (AvgIpc) is 3.29. The standard InChI is InChI=1S/C51H79NO14/c1-31-16-12-11-13-17-32(2)42(62-8)29-39-21-19-37(7)51(61,66-39)48(58)49(59)52-24-15-14-18-40(52)50(60)65-43(34(4)28-38(23-25-53)20-22-44(55)63-9)30-41(54)33(3)27-36(6)46(57)47(64-10)45(56)35(5)26-31/h11-13,16-17,27,31,33-35,37-40,42-43,46-47,53,57,61H,14-15,18-26,28-30H2,1-10H3/b13-11+,16-12+,32-17+,36-27+/t31-,33-,34-,35-,37-,38-,39+,40+,42+,43+,46-,47+,51-/m1/s1. The van der Waals surface area contributed by atoms with Crippen LogP contribution >= 0.6 is 0 Å². The molecule has 0 unspecified atom stereocenters. The molecule has 1 amide bonds. The van der Waals surface area contributed by atoms with E-state index in [9.17, 15) is 44.1 Å². The maximum atomic E-state index is 14.3. The van der Waals surface area contributed by atoms with Crippen molar-refractivity contribution in [3.05, 3.63) is 47.6 Å². The van der Waals surface area contributed by atoms with Crippen LogP contribution in [0.3, 0.4) is 0 Å². The van der Waals surface area contributed by atoms with E-state index in [4.69, 9.17) is 23.7 Å². The highest BCUT2D eigenvalue weighted by molar-refractivity contribution is 6.39. The number of hydrogen-bond acceptors (Lipinski definition) is 14. The molecule has 0 spiro atoms. The predicted octanol–water partition coefficient (Wildman–Crippen LogP) is 5.96. The summed E-state index contributed by atoms with van der Waals surface area (Å²) in [4.78, 5) is 83.7. The van der Waals surface area contributed by atoms with E-state index < -0.39 is 89.6 Å². The van der Waals surface area contributed by atoms with Gasteiger partial charge in [0.25, 0.3) is 11.7 Å². The largest absolute Gasteiger partial charge is 0.469 e. The van der Waals surface area contributed by atoms with Gasteiger partial charge in [-0.05, 0) is 101 Å². The van der Waals surface area contributed by atoms with Crippen LogP contribution in [-0.4, -0.2) is 132 Å². The number of methoxy groups -OCH3 is 3. The number of esters is 2. The van der Waals surface area contributed by atoms with E-state index >= 15 is 0 Å². The molecule has 13 atom stereocenters. The van der Waals surface area contributed by atoms with Crippen molar-refractivity contribution in [2.24, 2.45) is 35.5 Å². The van der Waals surface area contributed by atoms with Crippen molar-refractivity contribution in [3.63, 3.8) is 0 Å². The first kappa shape index (κ1) is 56.5. The first-order chi connectivity index (χ1) is 31.2. The Morgan fingerprint density at radius 1 is 0.924 bits per heavy atom. The maximum Gasteiger partial charge on any atom is 0.329 e. The van der Waals surface area contributed by atoms with Crippen molar-refractivity contribution in [2.45, 2.75) is 168 Å². The molecule has 15 nitrogen and oxygen atoms in total. The highest BCUT2D eigenvalue weighted by Crippen LogP contribution is 2.37. The third kappa shape index (κ3) is 15.9. The van der Waals surface area contributed by atoms with E-state index in [0.29, 0.717) is 63.4 Å². The number of piperidine rings is 1. The van der Waals surface area contributed by atoms with Crippen LogP contribution in [0.5, 0.6) is 0 Å². The van der Waals surface area contributed by atoms with Crippen LogP contribution in [0.4, 0.5) is 0 Å². The summed E-state index contributed by atoms with van der Waals surface area (Å²) >= 11 is 0. The number of aliphatic hydroxyl groups excluding tert-OH is 2. The zero-order chi connectivity index (χ0) is 49.3. The van der Waals surface area contributed by atoms with Crippen LogP contribution in [0.15, 0.2) is 47.6 Å². The number of cyclic esters (lactones) is 1. The van der Waals surface area contributed by atoms with Gasteiger partial charge >= 0.3 is 11.9 Å². The number of amides is 1. The molecule has 0 aromatic heterocycles. The lowest BCUT2D eigenvalue weighted by Crippen LogP contribution is -2.61. The Bertz CT molecular complexity index is 1770. The maximum absolute atomic E-state index is 14.3. The molecule has 0 radical (unpaired) electrons. The van der Waals surface area contributed by atoms with E-state index in [1.54, 1.807) is 40.9 Å². The van der Waals surface area contributed by atoms with Crippen molar-refractivity contribution in [2.75, 3.05) is 34.5 Å². The van der Waals surface area contributed by atoms with Gasteiger partial charge in [-0.1, -0.05) is 71.1 Å². The number of carbonyl (C=O) groups excluding carboxylic acids is 6. The van der Waals surface area contributed by atoms with Gasteiger partial charge in [0.05, 0.1) is 19.3 Å². The van der Waals surface area contributed by atoms with Gasteiger partial charge in [0.2, 0.25) is 5.79 Å². The Labute approximate surface area is 392 Å². The first-order valence-electron chi connectivity index (χ1n) is 23.9. The molecule has 3 rings (SSSR count). The molecule has 2 bridgehead atoms. The van der Waals surface area contributed by atoms with E-state index in [1.165, 1.54) is 14.2 Å². The molecule has 66 heavy (non-hydrogen) atoms. The second-order valence-corrected chi connectivity index (χ2v) is 19.1. The molecule has 0 saturated carbocycles. The number of hydrogen-bond donors (Lipinski definition) is 3. The molecule has 15 heteroatoms. The van der Waals surface area contributed by atoms with Crippen molar-refractivity contribution >= 4 is 35.2 Å². The lowest BCUT2D eigenvalue weighted by atomic mass is 9.84. The lowest BCUT2D eigenvalue weighted by Gasteiger charge is -2.42. The third-order valence-electron chi connectivity index (χ3n) is 13.8. The minimum atomic E-state index is -2.46. The number of rotatable bonds is 10. The second kappa shape index (κ2) is 27.2. The molecular formula is C51H79NO14. The van der Waals surface area contributed by atoms with Gasteiger partial charge in [0, 0.05) is 64.4 Å². The highest BCUT2D eigenvalue weighted by atomic mass is 16.6. The minimum Gasteiger partial charge on any atom is -0.469 e. The second-order valence-electron chi connectivity index (χ2n) is 19.1. The number of ether oxygens (including phenoxy) is 5. The summed E-state index contributed by atoms with van der Waals surface area (Å²) in [6.45, 7) is 12.3. The fourth-order valence-electron chi connectivity index (χ4n) is 9.44. The Balaban J connectivity index is 2.07. The summed E-state index contributed by atoms with van der Waals surface area (Å²) < 4.78 is 28.5. The van der Waals surface area contributed by atoms with Gasteiger partial charge in [-0.2, -0.15) is 0 Å². The highest BCUT2D eigenvalue weighted by Gasteiger charge is 2.53. The number of fused-ring (bicyclic) bond motifs is 3. The summed E-state index contributed by atoms with van der Waals surface area (Å²) in [6, 6.07) is -1.20. The molecule has 3 heterocycles. The van der Waals surface area contributed by atoms with E-state index in [-0.39, 0.29) is 55.8 Å². The van der Waals surface area contributed by atoms with Crippen LogP contribution in [0.25, 0.3) is 0 Å². The van der Waals surface area contributed by atoms with Crippen molar-refractivity contribution in [1.82, 2.24) is 4.90 Å². The number of aliphatic hydroxyl groups is 3. The van der Waals surface area contributed by atoms with Crippen molar-refractivity contribution in [3.8, 4) is 0 Å². The van der Waals surface area contributed by atoms with Crippen LogP contribution in [0.2, 0.25) is 0 Å². The van der Waals surface area contributed by atoms with Crippen LogP contribution in [0, 0.1) is 35.5 Å². The number of Topliss-reactive ketones (excluding diaryl/α,β-unsaturated/α-hetero) is 3. The van der Waals surface area contributed by atoms with E-state index in [1.807, 2.05) is 51.2 Å². The van der Waals surface area contributed by atoms with Crippen LogP contribution < -0.4 is 0 Å². The van der Waals surface area contributed by atoms with Gasteiger partial charge < -0.3 is 43.9 Å². The topological polar surface area (TPSA) is 212 Å². The lowest BCUT2D eigenvalue weighted by molar-refractivity contribution is -0.265. The normalized spacial score (nSPS) is 35.6. The molecule has 2 saturated heterocycles. The molecule has 372 valence electrons. The van der Waals surface area contributed by atoms with Crippen molar-refractivity contribution in [1.29, 1.82) is 0 Å². The fraction of sp³-hybridized carbons (Fsp3) is 0.725. The summed E-state index contributed by atoms with van der Waals surface area (Å²) in [5.41, 5.74) is 1.21. The monoisotopic (exact) mass is 930 g/mol. The number of carbonyl (C=O) groups is 6. The van der Waals surface area contributed by atoms with Gasteiger partial charge in [-0.25, -0.2) is 4.79 Å². The van der Waals surface area contributed by atoms with Gasteiger partial charge in [0.15, 0.2) is 5.78 Å². The third-order valence-corrected chi connectivity index (χ3v) is 13.8. The molecule has 3 N–H and O–H groups in total. The summed E-state index contributed by atoms with van der Waals surface area (Å²) in [5, 5.41) is 33.2. The average molecular weight is 930 g/mol. The quantitative estimate of drug-likeness (QED) is 0.131. The molecule has 3 aliphatic heterocycles. The molecule has 3 aliphatic rings.